The van der Waals surface area contributed by atoms with Crippen LogP contribution in [0.5, 0.6) is 0 Å². The fourth-order valence-electron chi connectivity index (χ4n) is 2.94. The van der Waals surface area contributed by atoms with Gasteiger partial charge in [0, 0.05) is 9.79 Å². The first-order chi connectivity index (χ1) is 15.5. The number of hydrogen-bond acceptors (Lipinski definition) is 5. The van der Waals surface area contributed by atoms with Crippen LogP contribution >= 0.6 is 35.1 Å². The largest absolute Gasteiger partial charge is 0.323 e. The van der Waals surface area contributed by atoms with E-state index in [0.717, 1.165) is 32.0 Å². The van der Waals surface area contributed by atoms with Crippen LogP contribution in [0.25, 0.3) is 6.08 Å². The summed E-state index contributed by atoms with van der Waals surface area (Å²) in [6, 6.07) is 24.5. The topological polar surface area (TPSA) is 66.5 Å². The molecule has 1 fully saturated rings. The van der Waals surface area contributed by atoms with E-state index in [1.54, 1.807) is 42.1 Å². The van der Waals surface area contributed by atoms with Gasteiger partial charge in [0.1, 0.15) is 6.54 Å². The van der Waals surface area contributed by atoms with Gasteiger partial charge in [-0.3, -0.25) is 19.3 Å². The highest BCUT2D eigenvalue weighted by molar-refractivity contribution is 8.18. The van der Waals surface area contributed by atoms with Crippen LogP contribution in [0.4, 0.5) is 10.5 Å². The molecule has 0 unspecified atom stereocenters. The van der Waals surface area contributed by atoms with Gasteiger partial charge in [-0.05, 0) is 59.8 Å². The molecule has 3 aromatic carbocycles. The molecular weight excluding hydrogens is 464 g/mol. The van der Waals surface area contributed by atoms with Gasteiger partial charge in [-0.15, -0.1) is 0 Å². The number of hydrogen-bond donors (Lipinski definition) is 1. The van der Waals surface area contributed by atoms with Crippen LogP contribution < -0.4 is 5.32 Å². The molecule has 0 radical (unpaired) electrons. The van der Waals surface area contributed by atoms with E-state index in [0.29, 0.717) is 10.7 Å². The van der Waals surface area contributed by atoms with Crippen molar-refractivity contribution in [1.82, 2.24) is 4.90 Å². The van der Waals surface area contributed by atoms with E-state index >= 15 is 0 Å². The van der Waals surface area contributed by atoms with Crippen molar-refractivity contribution in [2.75, 3.05) is 11.9 Å². The van der Waals surface area contributed by atoms with E-state index in [1.807, 2.05) is 54.6 Å². The van der Waals surface area contributed by atoms with E-state index in [9.17, 15) is 14.4 Å². The normalized spacial score (nSPS) is 14.8. The molecule has 1 aliphatic rings. The van der Waals surface area contributed by atoms with Gasteiger partial charge in [-0.25, -0.2) is 0 Å². The Kier molecular flexibility index (Phi) is 6.99. The maximum Gasteiger partial charge on any atom is 0.294 e. The summed E-state index contributed by atoms with van der Waals surface area (Å²) < 4.78 is 0. The molecule has 160 valence electrons. The van der Waals surface area contributed by atoms with Crippen LogP contribution in [0, 0.1) is 0 Å². The molecule has 1 aliphatic heterocycles. The van der Waals surface area contributed by atoms with Crippen molar-refractivity contribution in [1.29, 1.82) is 0 Å². The van der Waals surface area contributed by atoms with Gasteiger partial charge >= 0.3 is 0 Å². The predicted octanol–water partition coefficient (Wildman–Crippen LogP) is 6.17. The summed E-state index contributed by atoms with van der Waals surface area (Å²) >= 11 is 8.50. The van der Waals surface area contributed by atoms with Crippen molar-refractivity contribution in [3.63, 3.8) is 0 Å². The number of thioether (sulfide) groups is 1. The summed E-state index contributed by atoms with van der Waals surface area (Å²) in [7, 11) is 0. The second kappa shape index (κ2) is 10.1. The van der Waals surface area contributed by atoms with Crippen LogP contribution in [0.15, 0.2) is 93.6 Å². The number of anilines is 1. The molecule has 0 bridgehead atoms. The summed E-state index contributed by atoms with van der Waals surface area (Å²) in [6.07, 6.45) is 1.66. The average Bonchev–Trinajstić information content (AvgIpc) is 3.05. The Labute approximate surface area is 198 Å². The van der Waals surface area contributed by atoms with Crippen molar-refractivity contribution < 1.29 is 14.4 Å². The fraction of sp³-hybridized carbons (Fsp3) is 0.0417. The van der Waals surface area contributed by atoms with Crippen molar-refractivity contribution in [3.8, 4) is 0 Å². The highest BCUT2D eigenvalue weighted by atomic mass is 35.5. The Morgan fingerprint density at radius 2 is 1.59 bits per heavy atom. The van der Waals surface area contributed by atoms with E-state index in [2.05, 4.69) is 5.32 Å². The fourth-order valence-corrected chi connectivity index (χ4v) is 4.80. The van der Waals surface area contributed by atoms with Gasteiger partial charge in [0.15, 0.2) is 0 Å². The molecule has 1 heterocycles. The van der Waals surface area contributed by atoms with Crippen molar-refractivity contribution in [3.05, 3.63) is 94.4 Å². The molecular formula is C24H17ClN2O3S2. The van der Waals surface area contributed by atoms with Gasteiger partial charge in [-0.1, -0.05) is 65.8 Å². The minimum Gasteiger partial charge on any atom is -0.323 e. The first kappa shape index (κ1) is 22.2. The molecule has 0 aromatic heterocycles. The van der Waals surface area contributed by atoms with Gasteiger partial charge in [0.25, 0.3) is 11.1 Å². The van der Waals surface area contributed by atoms with Crippen molar-refractivity contribution in [2.45, 2.75) is 9.79 Å². The average molecular weight is 481 g/mol. The standard InChI is InChI=1S/C24H17ClN2O3S2/c25-19-8-4-5-9-20(19)26-22(28)15-27-23(29)21(32-24(27)30)14-16-10-12-18(13-11-16)31-17-6-2-1-3-7-17/h1-14H,15H2,(H,26,28)/b21-14+. The molecule has 3 amide bonds. The SMILES string of the molecule is O=C(CN1C(=O)S/C(=C/c2ccc(Sc3ccccc3)cc2)C1=O)Nc1ccccc1Cl. The van der Waals surface area contributed by atoms with E-state index in [-0.39, 0.29) is 11.4 Å². The van der Waals surface area contributed by atoms with Crippen LogP contribution in [-0.4, -0.2) is 28.5 Å². The Bertz CT molecular complexity index is 1200. The lowest BCUT2D eigenvalue weighted by Crippen LogP contribution is -2.36. The molecule has 0 aliphatic carbocycles. The number of carbonyl (C=O) groups excluding carboxylic acids is 3. The number of nitrogens with zero attached hydrogens (tertiary/aromatic N) is 1. The summed E-state index contributed by atoms with van der Waals surface area (Å²) in [6.45, 7) is -0.375. The van der Waals surface area contributed by atoms with Crippen molar-refractivity contribution in [2.24, 2.45) is 0 Å². The molecule has 0 atom stereocenters. The zero-order valence-electron chi connectivity index (χ0n) is 16.7. The summed E-state index contributed by atoms with van der Waals surface area (Å²) in [5.74, 6) is -0.985. The number of amides is 3. The van der Waals surface area contributed by atoms with Crippen LogP contribution in [-0.2, 0) is 9.59 Å². The lowest BCUT2D eigenvalue weighted by molar-refractivity contribution is -0.127. The zero-order chi connectivity index (χ0) is 22.5. The molecule has 0 spiro atoms. The number of nitrogens with one attached hydrogen (secondary N) is 1. The third-order valence-electron chi connectivity index (χ3n) is 4.48. The molecule has 5 nitrogen and oxygen atoms in total. The highest BCUT2D eigenvalue weighted by Crippen LogP contribution is 2.33. The molecule has 4 rings (SSSR count). The van der Waals surface area contributed by atoms with Gasteiger partial charge in [-0.2, -0.15) is 0 Å². The monoisotopic (exact) mass is 480 g/mol. The Morgan fingerprint density at radius 1 is 0.938 bits per heavy atom. The maximum atomic E-state index is 12.7. The smallest absolute Gasteiger partial charge is 0.294 e. The molecule has 8 heteroatoms. The van der Waals surface area contributed by atoms with E-state index < -0.39 is 17.1 Å². The lowest BCUT2D eigenvalue weighted by atomic mass is 10.2. The van der Waals surface area contributed by atoms with Gasteiger partial charge in [0.2, 0.25) is 5.91 Å². The maximum absolute atomic E-state index is 12.7. The van der Waals surface area contributed by atoms with Gasteiger partial charge < -0.3 is 5.32 Å². The van der Waals surface area contributed by atoms with Gasteiger partial charge in [0.05, 0.1) is 15.6 Å². The minimum atomic E-state index is -0.496. The van der Waals surface area contributed by atoms with E-state index in [4.69, 9.17) is 11.6 Å². The molecule has 0 saturated carbocycles. The van der Waals surface area contributed by atoms with Crippen LogP contribution in [0.3, 0.4) is 0 Å². The highest BCUT2D eigenvalue weighted by Gasteiger charge is 2.36. The summed E-state index contributed by atoms with van der Waals surface area (Å²) in [5, 5.41) is 2.52. The predicted molar refractivity (Wildman–Crippen MR) is 130 cm³/mol. The third kappa shape index (κ3) is 5.43. The quantitative estimate of drug-likeness (QED) is 0.427. The van der Waals surface area contributed by atoms with Crippen LogP contribution in [0.1, 0.15) is 5.56 Å². The third-order valence-corrected chi connectivity index (χ3v) is 6.73. The number of benzene rings is 3. The Hall–Kier alpha value is -3.00. The number of rotatable bonds is 6. The Balaban J connectivity index is 1.40. The molecule has 1 saturated heterocycles. The second-order valence-corrected chi connectivity index (χ2v) is 9.33. The summed E-state index contributed by atoms with van der Waals surface area (Å²) in [4.78, 5) is 40.7. The van der Waals surface area contributed by atoms with Crippen LogP contribution in [0.2, 0.25) is 5.02 Å². The molecule has 3 aromatic rings. The lowest BCUT2D eigenvalue weighted by Gasteiger charge is -2.13. The number of imide groups is 1. The summed E-state index contributed by atoms with van der Waals surface area (Å²) in [5.41, 5.74) is 1.23. The first-order valence-electron chi connectivity index (χ1n) is 9.62. The van der Waals surface area contributed by atoms with Crippen molar-refractivity contribution >= 4 is 63.9 Å². The second-order valence-electron chi connectivity index (χ2n) is 6.78. The zero-order valence-corrected chi connectivity index (χ0v) is 19.0. The molecule has 32 heavy (non-hydrogen) atoms. The van der Waals surface area contributed by atoms with E-state index in [1.165, 1.54) is 0 Å². The first-order valence-corrected chi connectivity index (χ1v) is 11.6. The minimum absolute atomic E-state index is 0.281. The number of halogens is 1. The number of carbonyl (C=O) groups is 3. The Morgan fingerprint density at radius 3 is 2.31 bits per heavy atom. The molecule has 1 N–H and O–H groups in total. The number of para-hydroxylation sites is 1.